The second kappa shape index (κ2) is 9.58. The highest BCUT2D eigenvalue weighted by Gasteiger charge is 2.23. The Morgan fingerprint density at radius 3 is 2.29 bits per heavy atom. The van der Waals surface area contributed by atoms with E-state index < -0.39 is 0 Å². The second-order valence-electron chi connectivity index (χ2n) is 6.99. The molecule has 3 rings (SSSR count). The van der Waals surface area contributed by atoms with E-state index in [1.165, 1.54) is 10.5 Å². The van der Waals surface area contributed by atoms with Crippen LogP contribution in [0.1, 0.15) is 12.5 Å². The molecule has 0 saturated heterocycles. The maximum atomic E-state index is 12.9. The van der Waals surface area contributed by atoms with Gasteiger partial charge in [0.25, 0.3) is 5.91 Å². The Morgan fingerprint density at radius 2 is 1.61 bits per heavy atom. The predicted molar refractivity (Wildman–Crippen MR) is 119 cm³/mol. The summed E-state index contributed by atoms with van der Waals surface area (Å²) in [6.45, 7) is 2.79. The lowest BCUT2D eigenvalue weighted by Crippen LogP contribution is -3.12. The van der Waals surface area contributed by atoms with Gasteiger partial charge in [0.2, 0.25) is 0 Å². The fraction of sp³-hybridized carbons (Fsp3) is 0.208. The number of carbonyl (C=O) groups is 1. The molecule has 0 saturated carbocycles. The number of benzene rings is 3. The summed E-state index contributed by atoms with van der Waals surface area (Å²) >= 11 is 1.74. The average Bonchev–Trinajstić information content (AvgIpc) is 2.74. The van der Waals surface area contributed by atoms with Gasteiger partial charge in [0, 0.05) is 21.7 Å². The van der Waals surface area contributed by atoms with Gasteiger partial charge < -0.3 is 10.2 Å². The third-order valence-corrected chi connectivity index (χ3v) is 5.79. The molecule has 3 aromatic rings. The van der Waals surface area contributed by atoms with Crippen LogP contribution in [0, 0.1) is 0 Å². The van der Waals surface area contributed by atoms with E-state index in [1.54, 1.807) is 11.8 Å². The lowest BCUT2D eigenvalue weighted by Gasteiger charge is -2.22. The number of likely N-dealkylation sites (N-methyl/N-ethyl adjacent to an activating group) is 1. The van der Waals surface area contributed by atoms with E-state index in [2.05, 4.69) is 55.0 Å². The average molecular weight is 392 g/mol. The highest BCUT2D eigenvalue weighted by molar-refractivity contribution is 7.98. The number of rotatable bonds is 7. The lowest BCUT2D eigenvalue weighted by molar-refractivity contribution is -0.907. The summed E-state index contributed by atoms with van der Waals surface area (Å²) in [6.07, 6.45) is 2.08. The Kier molecular flexibility index (Phi) is 6.90. The fourth-order valence-electron chi connectivity index (χ4n) is 3.14. The van der Waals surface area contributed by atoms with Crippen LogP contribution in [0.4, 0.5) is 5.69 Å². The van der Waals surface area contributed by atoms with Gasteiger partial charge >= 0.3 is 0 Å². The van der Waals surface area contributed by atoms with Crippen LogP contribution in [0.2, 0.25) is 0 Å². The standard InChI is InChI=1S/C24H26N2OS/c1-18(26(2)17-19-13-15-21(28-3)16-14-19)24(27)25-23-12-8-7-11-22(23)20-9-5-4-6-10-20/h4-16,18H,17H2,1-3H3,(H,25,27)/p+1/t18-/m0/s1. The Balaban J connectivity index is 1.69. The Labute approximate surface area is 171 Å². The second-order valence-corrected chi connectivity index (χ2v) is 7.87. The number of thioether (sulfide) groups is 1. The molecule has 144 valence electrons. The number of quaternary nitrogens is 1. The molecular formula is C24H27N2OS+. The zero-order chi connectivity index (χ0) is 19.9. The molecule has 0 spiro atoms. The molecule has 0 aromatic heterocycles. The normalized spacial score (nSPS) is 13.0. The van der Waals surface area contributed by atoms with Crippen LogP contribution in [-0.4, -0.2) is 25.3 Å². The summed E-state index contributed by atoms with van der Waals surface area (Å²) in [5.41, 5.74) is 4.22. The minimum absolute atomic E-state index is 0.0293. The highest BCUT2D eigenvalue weighted by Crippen LogP contribution is 2.27. The van der Waals surface area contributed by atoms with Crippen molar-refractivity contribution >= 4 is 23.4 Å². The summed E-state index contributed by atoms with van der Waals surface area (Å²) in [5.74, 6) is 0.0293. The van der Waals surface area contributed by atoms with Crippen LogP contribution in [0.3, 0.4) is 0 Å². The third kappa shape index (κ3) is 5.03. The van der Waals surface area contributed by atoms with E-state index in [9.17, 15) is 4.79 Å². The number of anilines is 1. The summed E-state index contributed by atoms with van der Waals surface area (Å²) in [4.78, 5) is 15.3. The zero-order valence-corrected chi connectivity index (χ0v) is 17.4. The first-order valence-electron chi connectivity index (χ1n) is 9.49. The SMILES string of the molecule is CSc1ccc(C[NH+](C)[C@@H](C)C(=O)Nc2ccccc2-c2ccccc2)cc1. The molecule has 2 N–H and O–H groups in total. The van der Waals surface area contributed by atoms with Crippen molar-refractivity contribution in [2.45, 2.75) is 24.4 Å². The number of carbonyl (C=O) groups excluding carboxylic acids is 1. The molecule has 1 amide bonds. The van der Waals surface area contributed by atoms with Crippen LogP contribution in [0.5, 0.6) is 0 Å². The summed E-state index contributed by atoms with van der Waals surface area (Å²) < 4.78 is 0. The van der Waals surface area contributed by atoms with Crippen molar-refractivity contribution < 1.29 is 9.69 Å². The number of amides is 1. The van der Waals surface area contributed by atoms with Crippen molar-refractivity contribution in [3.63, 3.8) is 0 Å². The molecule has 0 fully saturated rings. The van der Waals surface area contributed by atoms with Crippen LogP contribution in [0.15, 0.2) is 83.8 Å². The molecule has 0 aliphatic carbocycles. The van der Waals surface area contributed by atoms with E-state index in [1.807, 2.05) is 49.4 Å². The molecule has 0 aliphatic heterocycles. The topological polar surface area (TPSA) is 33.5 Å². The van der Waals surface area contributed by atoms with E-state index in [0.29, 0.717) is 0 Å². The predicted octanol–water partition coefficient (Wildman–Crippen LogP) is 4.12. The monoisotopic (exact) mass is 391 g/mol. The van der Waals surface area contributed by atoms with Gasteiger partial charge in [-0.05, 0) is 36.9 Å². The molecular weight excluding hydrogens is 364 g/mol. The third-order valence-electron chi connectivity index (χ3n) is 5.04. The quantitative estimate of drug-likeness (QED) is 0.594. The van der Waals surface area contributed by atoms with Gasteiger partial charge in [0.15, 0.2) is 6.04 Å². The fourth-order valence-corrected chi connectivity index (χ4v) is 3.55. The Hall–Kier alpha value is -2.56. The summed E-state index contributed by atoms with van der Waals surface area (Å²) in [6, 6.07) is 26.5. The van der Waals surface area contributed by atoms with E-state index in [4.69, 9.17) is 0 Å². The molecule has 0 radical (unpaired) electrons. The van der Waals surface area contributed by atoms with E-state index in [-0.39, 0.29) is 11.9 Å². The largest absolute Gasteiger partial charge is 0.324 e. The van der Waals surface area contributed by atoms with Crippen LogP contribution in [-0.2, 0) is 11.3 Å². The summed E-state index contributed by atoms with van der Waals surface area (Å²) in [7, 11) is 2.07. The van der Waals surface area contributed by atoms with Gasteiger partial charge in [-0.1, -0.05) is 60.7 Å². The molecule has 28 heavy (non-hydrogen) atoms. The first-order valence-corrected chi connectivity index (χ1v) is 10.7. The first kappa shape index (κ1) is 20.2. The van der Waals surface area contributed by atoms with Crippen LogP contribution < -0.4 is 10.2 Å². The Morgan fingerprint density at radius 1 is 0.964 bits per heavy atom. The molecule has 3 aromatic carbocycles. The van der Waals surface area contributed by atoms with Crippen molar-refractivity contribution in [1.82, 2.24) is 0 Å². The number of para-hydroxylation sites is 1. The van der Waals surface area contributed by atoms with Crippen LogP contribution in [0.25, 0.3) is 11.1 Å². The minimum atomic E-state index is -0.163. The van der Waals surface area contributed by atoms with Crippen LogP contribution >= 0.6 is 11.8 Å². The first-order chi connectivity index (χ1) is 13.6. The van der Waals surface area contributed by atoms with Gasteiger partial charge in [0.1, 0.15) is 6.54 Å². The molecule has 0 bridgehead atoms. The van der Waals surface area contributed by atoms with Gasteiger partial charge in [-0.15, -0.1) is 11.8 Å². The maximum Gasteiger partial charge on any atom is 0.282 e. The number of hydrogen-bond donors (Lipinski definition) is 2. The van der Waals surface area contributed by atoms with E-state index >= 15 is 0 Å². The smallest absolute Gasteiger partial charge is 0.282 e. The van der Waals surface area contributed by atoms with Crippen molar-refractivity contribution in [1.29, 1.82) is 0 Å². The molecule has 3 nitrogen and oxygen atoms in total. The molecule has 0 aliphatic rings. The van der Waals surface area contributed by atoms with Gasteiger partial charge in [-0.3, -0.25) is 4.79 Å². The molecule has 4 heteroatoms. The highest BCUT2D eigenvalue weighted by atomic mass is 32.2. The Bertz CT molecular complexity index is 909. The zero-order valence-electron chi connectivity index (χ0n) is 16.6. The van der Waals surface area contributed by atoms with E-state index in [0.717, 1.165) is 28.3 Å². The number of hydrogen-bond acceptors (Lipinski definition) is 2. The van der Waals surface area contributed by atoms with Gasteiger partial charge in [0.05, 0.1) is 7.05 Å². The van der Waals surface area contributed by atoms with Crippen molar-refractivity contribution in [3.8, 4) is 11.1 Å². The minimum Gasteiger partial charge on any atom is -0.324 e. The van der Waals surface area contributed by atoms with Crippen molar-refractivity contribution in [3.05, 3.63) is 84.4 Å². The van der Waals surface area contributed by atoms with Gasteiger partial charge in [-0.25, -0.2) is 0 Å². The molecule has 0 heterocycles. The maximum absolute atomic E-state index is 12.9. The summed E-state index contributed by atoms with van der Waals surface area (Å²) in [5, 5.41) is 3.13. The van der Waals surface area contributed by atoms with Crippen molar-refractivity contribution in [2.24, 2.45) is 0 Å². The van der Waals surface area contributed by atoms with Crippen molar-refractivity contribution in [2.75, 3.05) is 18.6 Å². The molecule has 1 unspecified atom stereocenters. The number of nitrogens with one attached hydrogen (secondary N) is 2. The lowest BCUT2D eigenvalue weighted by atomic mass is 10.0. The molecule has 2 atom stereocenters. The van der Waals surface area contributed by atoms with Gasteiger partial charge in [-0.2, -0.15) is 0 Å².